The molecule has 0 unspecified atom stereocenters. The molecule has 0 saturated carbocycles. The van der Waals surface area contributed by atoms with Crippen molar-refractivity contribution in [3.05, 3.63) is 29.6 Å². The highest BCUT2D eigenvalue weighted by Crippen LogP contribution is 2.27. The number of halogens is 5. The molecule has 0 bridgehead atoms. The lowest BCUT2D eigenvalue weighted by atomic mass is 9.92. The molecule has 128 valence electrons. The molecule has 0 aliphatic carbocycles. The van der Waals surface area contributed by atoms with E-state index in [0.29, 0.717) is 12.8 Å². The standard InChI is InChI=1S/C13H18F3N3O.2ClH/c1-3-12(4-2,8-17)19-11(20)9-5-6-10(18-7-9)13(14,15)16;;/h5-7H,3-4,8,17H2,1-2H3,(H,19,20);2*1H. The second kappa shape index (κ2) is 9.17. The van der Waals surface area contributed by atoms with Crippen molar-refractivity contribution in [2.24, 2.45) is 5.73 Å². The van der Waals surface area contributed by atoms with E-state index in [1.165, 1.54) is 0 Å². The molecule has 0 fully saturated rings. The molecule has 4 nitrogen and oxygen atoms in total. The van der Waals surface area contributed by atoms with Crippen molar-refractivity contribution >= 4 is 30.7 Å². The van der Waals surface area contributed by atoms with Gasteiger partial charge in [0.2, 0.25) is 0 Å². The van der Waals surface area contributed by atoms with E-state index in [-0.39, 0.29) is 36.9 Å². The van der Waals surface area contributed by atoms with Crippen LogP contribution in [0.1, 0.15) is 42.7 Å². The number of alkyl halides is 3. The van der Waals surface area contributed by atoms with E-state index >= 15 is 0 Å². The Morgan fingerprint density at radius 3 is 2.09 bits per heavy atom. The van der Waals surface area contributed by atoms with E-state index in [9.17, 15) is 18.0 Å². The minimum Gasteiger partial charge on any atom is -0.345 e. The Kier molecular flexibility index (Phi) is 9.68. The highest BCUT2D eigenvalue weighted by Gasteiger charge is 2.32. The number of nitrogens with one attached hydrogen (secondary N) is 1. The van der Waals surface area contributed by atoms with Crippen LogP contribution in [-0.2, 0) is 6.18 Å². The van der Waals surface area contributed by atoms with Crippen molar-refractivity contribution in [1.29, 1.82) is 0 Å². The van der Waals surface area contributed by atoms with Crippen molar-refractivity contribution in [2.45, 2.75) is 38.4 Å². The molecule has 0 atom stereocenters. The zero-order valence-corrected chi connectivity index (χ0v) is 13.9. The molecule has 1 heterocycles. The summed E-state index contributed by atoms with van der Waals surface area (Å²) in [6, 6.07) is 1.90. The Balaban J connectivity index is 0. The fourth-order valence-corrected chi connectivity index (χ4v) is 1.78. The van der Waals surface area contributed by atoms with Crippen molar-refractivity contribution < 1.29 is 18.0 Å². The van der Waals surface area contributed by atoms with E-state index in [0.717, 1.165) is 18.3 Å². The van der Waals surface area contributed by atoms with Crippen molar-refractivity contribution in [3.8, 4) is 0 Å². The van der Waals surface area contributed by atoms with Crippen LogP contribution in [0.25, 0.3) is 0 Å². The summed E-state index contributed by atoms with van der Waals surface area (Å²) in [6.45, 7) is 4.04. The average Bonchev–Trinajstić information content (AvgIpc) is 2.44. The van der Waals surface area contributed by atoms with E-state index < -0.39 is 23.3 Å². The smallest absolute Gasteiger partial charge is 0.345 e. The monoisotopic (exact) mass is 361 g/mol. The number of hydrogen-bond acceptors (Lipinski definition) is 3. The number of nitrogens with zero attached hydrogens (tertiary/aromatic N) is 1. The van der Waals surface area contributed by atoms with Gasteiger partial charge in [-0.1, -0.05) is 13.8 Å². The van der Waals surface area contributed by atoms with Crippen LogP contribution >= 0.6 is 24.8 Å². The Morgan fingerprint density at radius 1 is 1.23 bits per heavy atom. The molecule has 0 aliphatic heterocycles. The maximum Gasteiger partial charge on any atom is 0.433 e. The minimum absolute atomic E-state index is 0. The van der Waals surface area contributed by atoms with Crippen LogP contribution in [0.5, 0.6) is 0 Å². The minimum atomic E-state index is -4.51. The number of pyridine rings is 1. The van der Waals surface area contributed by atoms with E-state index in [2.05, 4.69) is 10.3 Å². The third-order valence-corrected chi connectivity index (χ3v) is 3.44. The summed E-state index contributed by atoms with van der Waals surface area (Å²) < 4.78 is 37.1. The number of carbonyl (C=O) groups excluding carboxylic acids is 1. The Hall–Kier alpha value is -1.05. The molecule has 0 aliphatic rings. The number of carbonyl (C=O) groups is 1. The molecule has 1 aromatic heterocycles. The van der Waals surface area contributed by atoms with Crippen LogP contribution in [0, 0.1) is 0 Å². The van der Waals surface area contributed by atoms with Gasteiger partial charge < -0.3 is 11.1 Å². The quantitative estimate of drug-likeness (QED) is 0.845. The zero-order chi connectivity index (χ0) is 15.4. The summed E-state index contributed by atoms with van der Waals surface area (Å²) in [5.41, 5.74) is 4.17. The fraction of sp³-hybridized carbons (Fsp3) is 0.538. The second-order valence-corrected chi connectivity index (χ2v) is 4.58. The van der Waals surface area contributed by atoms with E-state index in [1.807, 2.05) is 13.8 Å². The summed E-state index contributed by atoms with van der Waals surface area (Å²) in [4.78, 5) is 15.3. The lowest BCUT2D eigenvalue weighted by molar-refractivity contribution is -0.141. The Labute approximate surface area is 139 Å². The van der Waals surface area contributed by atoms with Crippen LogP contribution in [0.15, 0.2) is 18.3 Å². The van der Waals surface area contributed by atoms with Gasteiger partial charge in [-0.15, -0.1) is 24.8 Å². The number of rotatable bonds is 5. The van der Waals surface area contributed by atoms with Crippen LogP contribution < -0.4 is 11.1 Å². The summed E-state index contributed by atoms with van der Waals surface area (Å²) in [6.07, 6.45) is -2.31. The predicted octanol–water partition coefficient (Wildman–Crippen LogP) is 3.19. The maximum absolute atomic E-state index is 12.4. The molecule has 1 rings (SSSR count). The number of aromatic nitrogens is 1. The third kappa shape index (κ3) is 5.62. The van der Waals surface area contributed by atoms with Gasteiger partial charge in [-0.25, -0.2) is 0 Å². The molecule has 0 spiro atoms. The van der Waals surface area contributed by atoms with Gasteiger partial charge >= 0.3 is 6.18 Å². The van der Waals surface area contributed by atoms with Crippen molar-refractivity contribution in [2.75, 3.05) is 6.54 Å². The number of nitrogens with two attached hydrogens (primary N) is 1. The van der Waals surface area contributed by atoms with Crippen LogP contribution in [0.2, 0.25) is 0 Å². The number of hydrogen-bond donors (Lipinski definition) is 2. The lowest BCUT2D eigenvalue weighted by Gasteiger charge is -2.31. The molecule has 1 amide bonds. The molecule has 0 radical (unpaired) electrons. The summed E-state index contributed by atoms with van der Waals surface area (Å²) in [5, 5.41) is 2.77. The molecule has 1 aromatic rings. The SMILES string of the molecule is CCC(CC)(CN)NC(=O)c1ccc(C(F)(F)F)nc1.Cl.Cl. The summed E-state index contributed by atoms with van der Waals surface area (Å²) in [5.74, 6) is -0.472. The molecule has 0 aromatic carbocycles. The van der Waals surface area contributed by atoms with Crippen LogP contribution in [-0.4, -0.2) is 23.0 Å². The molecule has 22 heavy (non-hydrogen) atoms. The van der Waals surface area contributed by atoms with Gasteiger partial charge in [-0.3, -0.25) is 9.78 Å². The number of amides is 1. The molecule has 9 heteroatoms. The van der Waals surface area contributed by atoms with E-state index in [1.54, 1.807) is 0 Å². The third-order valence-electron chi connectivity index (χ3n) is 3.44. The van der Waals surface area contributed by atoms with Crippen LogP contribution in [0.3, 0.4) is 0 Å². The molecular formula is C13H20Cl2F3N3O. The first-order valence-corrected chi connectivity index (χ1v) is 6.34. The van der Waals surface area contributed by atoms with E-state index in [4.69, 9.17) is 5.73 Å². The van der Waals surface area contributed by atoms with Crippen molar-refractivity contribution in [1.82, 2.24) is 10.3 Å². The average molecular weight is 362 g/mol. The molecular weight excluding hydrogens is 342 g/mol. The van der Waals surface area contributed by atoms with Crippen LogP contribution in [0.4, 0.5) is 13.2 Å². The van der Waals surface area contributed by atoms with Gasteiger partial charge in [0.25, 0.3) is 5.91 Å². The first-order valence-electron chi connectivity index (χ1n) is 6.34. The summed E-state index contributed by atoms with van der Waals surface area (Å²) >= 11 is 0. The highest BCUT2D eigenvalue weighted by atomic mass is 35.5. The predicted molar refractivity (Wildman–Crippen MR) is 83.6 cm³/mol. The van der Waals surface area contributed by atoms with Gasteiger partial charge in [0.15, 0.2) is 0 Å². The fourth-order valence-electron chi connectivity index (χ4n) is 1.78. The molecule has 3 N–H and O–H groups in total. The highest BCUT2D eigenvalue weighted by molar-refractivity contribution is 5.94. The lowest BCUT2D eigenvalue weighted by Crippen LogP contribution is -2.52. The first kappa shape index (κ1) is 23.2. The van der Waals surface area contributed by atoms with Gasteiger partial charge in [-0.05, 0) is 25.0 Å². The van der Waals surface area contributed by atoms with Gasteiger partial charge in [0, 0.05) is 12.7 Å². The van der Waals surface area contributed by atoms with Crippen molar-refractivity contribution in [3.63, 3.8) is 0 Å². The maximum atomic E-state index is 12.4. The van der Waals surface area contributed by atoms with Gasteiger partial charge in [0.05, 0.1) is 11.1 Å². The topological polar surface area (TPSA) is 68.0 Å². The summed E-state index contributed by atoms with van der Waals surface area (Å²) in [7, 11) is 0. The Bertz CT molecular complexity index is 454. The second-order valence-electron chi connectivity index (χ2n) is 4.58. The van der Waals surface area contributed by atoms with Gasteiger partial charge in [-0.2, -0.15) is 13.2 Å². The largest absolute Gasteiger partial charge is 0.433 e. The zero-order valence-electron chi connectivity index (χ0n) is 12.2. The van der Waals surface area contributed by atoms with Gasteiger partial charge in [0.1, 0.15) is 5.69 Å². The first-order chi connectivity index (χ1) is 9.28. The molecule has 0 saturated heterocycles. The Morgan fingerprint density at radius 2 is 1.77 bits per heavy atom. The normalized spacial score (nSPS) is 11.2.